The number of hydrogen-bond acceptors (Lipinski definition) is 3. The number of nitrogens with one attached hydrogen (secondary N) is 1. The van der Waals surface area contributed by atoms with E-state index in [9.17, 15) is 9.59 Å². The molecule has 1 heterocycles. The van der Waals surface area contributed by atoms with E-state index in [-0.39, 0.29) is 11.8 Å². The maximum Gasteiger partial charge on any atom is 0.255 e. The quantitative estimate of drug-likeness (QED) is 0.885. The summed E-state index contributed by atoms with van der Waals surface area (Å²) in [4.78, 5) is 23.9. The molecule has 2 atom stereocenters. The number of furan rings is 1. The fraction of sp³-hybridized carbons (Fsp3) is 0.375. The predicted molar refractivity (Wildman–Crippen MR) is 80.9 cm³/mol. The van der Waals surface area contributed by atoms with Crippen LogP contribution in [-0.4, -0.2) is 17.9 Å². The molecule has 0 aliphatic carbocycles. The van der Waals surface area contributed by atoms with Gasteiger partial charge in [-0.2, -0.15) is 0 Å². The zero-order chi connectivity index (χ0) is 15.6. The van der Waals surface area contributed by atoms with Gasteiger partial charge in [-0.25, -0.2) is 0 Å². The number of primary amides is 1. The van der Waals surface area contributed by atoms with Crippen LogP contribution in [0, 0.1) is 12.8 Å². The first-order valence-corrected chi connectivity index (χ1v) is 7.03. The highest BCUT2D eigenvalue weighted by atomic mass is 16.3. The highest BCUT2D eigenvalue weighted by molar-refractivity contribution is 6.06. The monoisotopic (exact) mass is 288 g/mol. The molecule has 0 aliphatic heterocycles. The predicted octanol–water partition coefficient (Wildman–Crippen LogP) is 2.37. The third-order valence-electron chi connectivity index (χ3n) is 3.72. The van der Waals surface area contributed by atoms with Crippen molar-refractivity contribution in [3.05, 3.63) is 35.6 Å². The molecule has 2 amide bonds. The second kappa shape index (κ2) is 5.99. The number of aryl methyl sites for hydroxylation is 1. The number of para-hydroxylation sites is 1. The molecule has 0 saturated heterocycles. The molecule has 1 aromatic heterocycles. The van der Waals surface area contributed by atoms with Gasteiger partial charge in [0.25, 0.3) is 5.91 Å². The fourth-order valence-corrected chi connectivity index (χ4v) is 2.32. The molecule has 2 aromatic rings. The molecule has 112 valence electrons. The van der Waals surface area contributed by atoms with E-state index in [0.717, 1.165) is 17.6 Å². The highest BCUT2D eigenvalue weighted by Gasteiger charge is 2.25. The molecule has 1 aromatic carbocycles. The summed E-state index contributed by atoms with van der Waals surface area (Å²) in [5, 5.41) is 3.57. The third-order valence-corrected chi connectivity index (χ3v) is 3.72. The minimum absolute atomic E-state index is 0.0241. The summed E-state index contributed by atoms with van der Waals surface area (Å²) in [5.41, 5.74) is 6.32. The molecule has 2 rings (SSSR count). The van der Waals surface area contributed by atoms with Crippen LogP contribution in [0.15, 0.2) is 28.7 Å². The lowest BCUT2D eigenvalue weighted by Gasteiger charge is -2.21. The van der Waals surface area contributed by atoms with Gasteiger partial charge in [0.05, 0.1) is 5.56 Å². The molecular weight excluding hydrogens is 268 g/mol. The maximum absolute atomic E-state index is 12.4. The summed E-state index contributed by atoms with van der Waals surface area (Å²) < 4.78 is 5.57. The van der Waals surface area contributed by atoms with Crippen molar-refractivity contribution in [3.8, 4) is 0 Å². The number of nitrogens with two attached hydrogens (primary N) is 1. The van der Waals surface area contributed by atoms with Crippen molar-refractivity contribution in [2.24, 2.45) is 11.7 Å². The lowest BCUT2D eigenvalue weighted by molar-refractivity contribution is -0.120. The van der Waals surface area contributed by atoms with Crippen LogP contribution in [0.25, 0.3) is 11.0 Å². The Balaban J connectivity index is 2.31. The molecule has 0 fully saturated rings. The second-order valence-electron chi connectivity index (χ2n) is 5.32. The molecule has 5 nitrogen and oxygen atoms in total. The number of benzene rings is 1. The van der Waals surface area contributed by atoms with Crippen LogP contribution in [0.2, 0.25) is 0 Å². The van der Waals surface area contributed by atoms with E-state index in [0.29, 0.717) is 11.1 Å². The van der Waals surface area contributed by atoms with Crippen molar-refractivity contribution in [2.45, 2.75) is 33.2 Å². The summed E-state index contributed by atoms with van der Waals surface area (Å²) >= 11 is 0. The van der Waals surface area contributed by atoms with E-state index in [1.54, 1.807) is 12.1 Å². The third kappa shape index (κ3) is 3.07. The Kier molecular flexibility index (Phi) is 4.31. The molecule has 0 spiro atoms. The number of rotatable bonds is 5. The average Bonchev–Trinajstić information content (AvgIpc) is 2.83. The van der Waals surface area contributed by atoms with Crippen LogP contribution in [-0.2, 0) is 4.79 Å². The van der Waals surface area contributed by atoms with Crippen molar-refractivity contribution >= 4 is 22.8 Å². The van der Waals surface area contributed by atoms with E-state index < -0.39 is 11.9 Å². The number of fused-ring (bicyclic) bond motifs is 1. The SMILES string of the molecule is CC[C@H](C)[C@H](NC(=O)c1cccc2cc(C)oc12)C(N)=O. The highest BCUT2D eigenvalue weighted by Crippen LogP contribution is 2.23. The van der Waals surface area contributed by atoms with Crippen molar-refractivity contribution in [2.75, 3.05) is 0 Å². The molecule has 0 unspecified atom stereocenters. The van der Waals surface area contributed by atoms with E-state index in [1.165, 1.54) is 0 Å². The van der Waals surface area contributed by atoms with Crippen LogP contribution in [0.1, 0.15) is 36.4 Å². The molecule has 0 aliphatic rings. The Morgan fingerprint density at radius 3 is 2.71 bits per heavy atom. The second-order valence-corrected chi connectivity index (χ2v) is 5.32. The first-order chi connectivity index (χ1) is 9.93. The lowest BCUT2D eigenvalue weighted by atomic mass is 9.98. The van der Waals surface area contributed by atoms with Crippen molar-refractivity contribution in [1.29, 1.82) is 0 Å². The van der Waals surface area contributed by atoms with E-state index in [4.69, 9.17) is 10.2 Å². The van der Waals surface area contributed by atoms with Gasteiger partial charge in [0, 0.05) is 5.39 Å². The summed E-state index contributed by atoms with van der Waals surface area (Å²) in [7, 11) is 0. The van der Waals surface area contributed by atoms with Gasteiger partial charge in [0.15, 0.2) is 0 Å². The number of carbonyl (C=O) groups excluding carboxylic acids is 2. The molecule has 3 N–H and O–H groups in total. The Morgan fingerprint density at radius 2 is 2.10 bits per heavy atom. The summed E-state index contributed by atoms with van der Waals surface area (Å²) in [6.07, 6.45) is 0.748. The zero-order valence-electron chi connectivity index (χ0n) is 12.5. The molecule has 5 heteroatoms. The smallest absolute Gasteiger partial charge is 0.255 e. The van der Waals surface area contributed by atoms with Gasteiger partial charge < -0.3 is 15.5 Å². The van der Waals surface area contributed by atoms with Gasteiger partial charge >= 0.3 is 0 Å². The van der Waals surface area contributed by atoms with Gasteiger partial charge in [-0.15, -0.1) is 0 Å². The van der Waals surface area contributed by atoms with Gasteiger partial charge in [0.2, 0.25) is 5.91 Å². The molecule has 0 radical (unpaired) electrons. The van der Waals surface area contributed by atoms with Gasteiger partial charge in [0.1, 0.15) is 17.4 Å². The standard InChI is InChI=1S/C16H20N2O3/c1-4-9(2)13(15(17)19)18-16(20)12-7-5-6-11-8-10(3)21-14(11)12/h5-9,13H,4H2,1-3H3,(H2,17,19)(H,18,20)/t9-,13-/m0/s1. The van der Waals surface area contributed by atoms with E-state index in [1.807, 2.05) is 32.9 Å². The van der Waals surface area contributed by atoms with Crippen LogP contribution in [0.4, 0.5) is 0 Å². The Bertz CT molecular complexity index is 675. The zero-order valence-corrected chi connectivity index (χ0v) is 12.5. The topological polar surface area (TPSA) is 85.3 Å². The van der Waals surface area contributed by atoms with Crippen molar-refractivity contribution in [1.82, 2.24) is 5.32 Å². The minimum atomic E-state index is -0.686. The van der Waals surface area contributed by atoms with Crippen molar-refractivity contribution < 1.29 is 14.0 Å². The minimum Gasteiger partial charge on any atom is -0.461 e. The lowest BCUT2D eigenvalue weighted by Crippen LogP contribution is -2.48. The van der Waals surface area contributed by atoms with E-state index >= 15 is 0 Å². The Labute approximate surface area is 123 Å². The van der Waals surface area contributed by atoms with Crippen LogP contribution in [0.3, 0.4) is 0 Å². The largest absolute Gasteiger partial charge is 0.461 e. The maximum atomic E-state index is 12.4. The number of hydrogen-bond donors (Lipinski definition) is 2. The average molecular weight is 288 g/mol. The van der Waals surface area contributed by atoms with Crippen LogP contribution >= 0.6 is 0 Å². The molecule has 0 bridgehead atoms. The van der Waals surface area contributed by atoms with Gasteiger partial charge in [-0.05, 0) is 25.0 Å². The van der Waals surface area contributed by atoms with E-state index in [2.05, 4.69) is 5.32 Å². The summed E-state index contributed by atoms with van der Waals surface area (Å²) in [5.74, 6) is -0.165. The molecule has 21 heavy (non-hydrogen) atoms. The number of carbonyl (C=O) groups is 2. The van der Waals surface area contributed by atoms with Crippen LogP contribution in [0.5, 0.6) is 0 Å². The fourth-order valence-electron chi connectivity index (χ4n) is 2.32. The molecular formula is C16H20N2O3. The summed E-state index contributed by atoms with van der Waals surface area (Å²) in [6.45, 7) is 5.66. The van der Waals surface area contributed by atoms with Crippen LogP contribution < -0.4 is 11.1 Å². The first kappa shape index (κ1) is 15.1. The number of amides is 2. The van der Waals surface area contributed by atoms with Crippen molar-refractivity contribution in [3.63, 3.8) is 0 Å². The summed E-state index contributed by atoms with van der Waals surface area (Å²) in [6, 6.07) is 6.52. The van der Waals surface area contributed by atoms with Gasteiger partial charge in [-0.3, -0.25) is 9.59 Å². The first-order valence-electron chi connectivity index (χ1n) is 7.03. The Hall–Kier alpha value is -2.30. The normalized spacial score (nSPS) is 13.9. The Morgan fingerprint density at radius 1 is 1.38 bits per heavy atom. The molecule has 0 saturated carbocycles. The van der Waals surface area contributed by atoms with Gasteiger partial charge in [-0.1, -0.05) is 32.4 Å².